The number of alkyl halides is 3. The molecular formula is C20H24F3N3O. The molecule has 1 saturated carbocycles. The second kappa shape index (κ2) is 7.74. The molecule has 0 radical (unpaired) electrons. The quantitative estimate of drug-likeness (QED) is 0.801. The van der Waals surface area contributed by atoms with E-state index in [9.17, 15) is 18.0 Å². The van der Waals surface area contributed by atoms with Crippen molar-refractivity contribution in [1.29, 1.82) is 0 Å². The molecule has 27 heavy (non-hydrogen) atoms. The average molecular weight is 379 g/mol. The molecule has 0 unspecified atom stereocenters. The van der Waals surface area contributed by atoms with E-state index in [2.05, 4.69) is 15.3 Å². The van der Waals surface area contributed by atoms with Crippen LogP contribution in [0.5, 0.6) is 0 Å². The molecule has 146 valence electrons. The Kier molecular flexibility index (Phi) is 5.58. The molecule has 1 amide bonds. The van der Waals surface area contributed by atoms with Crippen molar-refractivity contribution in [3.8, 4) is 11.3 Å². The van der Waals surface area contributed by atoms with Gasteiger partial charge in [-0.05, 0) is 50.7 Å². The molecule has 4 nitrogen and oxygen atoms in total. The van der Waals surface area contributed by atoms with Crippen LogP contribution in [0.15, 0.2) is 24.3 Å². The normalized spacial score (nSPS) is 20.5. The fourth-order valence-electron chi connectivity index (χ4n) is 3.73. The van der Waals surface area contributed by atoms with E-state index in [1.54, 1.807) is 6.07 Å². The summed E-state index contributed by atoms with van der Waals surface area (Å²) in [7, 11) is 0. The summed E-state index contributed by atoms with van der Waals surface area (Å²) in [6, 6.07) is 5.30. The SMILES string of the molecule is CC(=O)NCC1CCC(c2nc(-c3cccc(C(F)(F)F)c3)c(C)[nH]2)CC1. The molecule has 0 atom stereocenters. The van der Waals surface area contributed by atoms with Gasteiger partial charge in [0.1, 0.15) is 5.82 Å². The highest BCUT2D eigenvalue weighted by Gasteiger charge is 2.31. The van der Waals surface area contributed by atoms with Crippen LogP contribution in [0.4, 0.5) is 13.2 Å². The number of nitrogens with zero attached hydrogens (tertiary/aromatic N) is 1. The van der Waals surface area contributed by atoms with Crippen LogP contribution in [-0.2, 0) is 11.0 Å². The Labute approximate surface area is 156 Å². The zero-order chi connectivity index (χ0) is 19.6. The lowest BCUT2D eigenvalue weighted by molar-refractivity contribution is -0.137. The number of H-pyrrole nitrogens is 1. The maximum Gasteiger partial charge on any atom is 0.416 e. The minimum atomic E-state index is -4.37. The number of amides is 1. The maximum atomic E-state index is 13.0. The number of carbonyl (C=O) groups is 1. The van der Waals surface area contributed by atoms with Gasteiger partial charge in [-0.1, -0.05) is 12.1 Å². The first-order valence-corrected chi connectivity index (χ1v) is 9.22. The minimum absolute atomic E-state index is 0.00971. The zero-order valence-electron chi connectivity index (χ0n) is 15.5. The second-order valence-corrected chi connectivity index (χ2v) is 7.33. The number of halogens is 3. The van der Waals surface area contributed by atoms with Crippen LogP contribution in [-0.4, -0.2) is 22.4 Å². The lowest BCUT2D eigenvalue weighted by Gasteiger charge is -2.27. The van der Waals surface area contributed by atoms with Gasteiger partial charge in [-0.3, -0.25) is 4.79 Å². The first kappa shape index (κ1) is 19.5. The molecule has 1 aliphatic rings. The monoisotopic (exact) mass is 379 g/mol. The smallest absolute Gasteiger partial charge is 0.356 e. The van der Waals surface area contributed by atoms with E-state index in [0.717, 1.165) is 49.3 Å². The summed E-state index contributed by atoms with van der Waals surface area (Å²) in [5, 5.41) is 2.87. The average Bonchev–Trinajstić information content (AvgIpc) is 3.01. The van der Waals surface area contributed by atoms with Gasteiger partial charge in [0.2, 0.25) is 5.91 Å². The second-order valence-electron chi connectivity index (χ2n) is 7.33. The molecule has 7 heteroatoms. The number of hydrogen-bond acceptors (Lipinski definition) is 2. The molecule has 0 saturated heterocycles. The van der Waals surface area contributed by atoms with Crippen LogP contribution < -0.4 is 5.32 Å². The van der Waals surface area contributed by atoms with Gasteiger partial charge in [-0.2, -0.15) is 13.2 Å². The summed E-state index contributed by atoms with van der Waals surface area (Å²) in [5.74, 6) is 1.59. The van der Waals surface area contributed by atoms with Crippen molar-refractivity contribution in [3.63, 3.8) is 0 Å². The molecule has 0 bridgehead atoms. The van der Waals surface area contributed by atoms with E-state index < -0.39 is 11.7 Å². The van der Waals surface area contributed by atoms with Crippen molar-refractivity contribution in [1.82, 2.24) is 15.3 Å². The number of hydrogen-bond donors (Lipinski definition) is 2. The Morgan fingerprint density at radius 3 is 2.59 bits per heavy atom. The molecule has 1 aliphatic carbocycles. The van der Waals surface area contributed by atoms with Gasteiger partial charge in [0.15, 0.2) is 0 Å². The van der Waals surface area contributed by atoms with Gasteiger partial charge in [0.25, 0.3) is 0 Å². The van der Waals surface area contributed by atoms with Crippen molar-refractivity contribution in [3.05, 3.63) is 41.3 Å². The first-order valence-electron chi connectivity index (χ1n) is 9.22. The zero-order valence-corrected chi connectivity index (χ0v) is 15.5. The third-order valence-corrected chi connectivity index (χ3v) is 5.24. The van der Waals surface area contributed by atoms with E-state index in [1.807, 2.05) is 6.92 Å². The molecule has 1 heterocycles. The highest BCUT2D eigenvalue weighted by atomic mass is 19.4. The first-order chi connectivity index (χ1) is 12.7. The number of nitrogens with one attached hydrogen (secondary N) is 2. The summed E-state index contributed by atoms with van der Waals surface area (Å²) in [4.78, 5) is 18.9. The predicted octanol–water partition coefficient (Wildman–Crippen LogP) is 4.81. The number of imidazole rings is 1. The number of rotatable bonds is 4. The largest absolute Gasteiger partial charge is 0.416 e. The number of benzene rings is 1. The summed E-state index contributed by atoms with van der Waals surface area (Å²) in [5.41, 5.74) is 1.17. The molecule has 0 aliphatic heterocycles. The van der Waals surface area contributed by atoms with Gasteiger partial charge >= 0.3 is 6.18 Å². The number of aromatic nitrogens is 2. The van der Waals surface area contributed by atoms with Crippen LogP contribution in [0.2, 0.25) is 0 Å². The van der Waals surface area contributed by atoms with E-state index >= 15 is 0 Å². The summed E-state index contributed by atoms with van der Waals surface area (Å²) < 4.78 is 38.9. The Morgan fingerprint density at radius 2 is 1.96 bits per heavy atom. The van der Waals surface area contributed by atoms with Crippen LogP contribution >= 0.6 is 0 Å². The predicted molar refractivity (Wildman–Crippen MR) is 97.1 cm³/mol. The van der Waals surface area contributed by atoms with Crippen molar-refractivity contribution in [2.45, 2.75) is 51.6 Å². The van der Waals surface area contributed by atoms with Crippen molar-refractivity contribution in [2.75, 3.05) is 6.54 Å². The van der Waals surface area contributed by atoms with Crippen molar-refractivity contribution in [2.24, 2.45) is 5.92 Å². The van der Waals surface area contributed by atoms with E-state index in [0.29, 0.717) is 23.7 Å². The molecular weight excluding hydrogens is 355 g/mol. The molecule has 2 N–H and O–H groups in total. The molecule has 1 fully saturated rings. The van der Waals surface area contributed by atoms with E-state index in [1.165, 1.54) is 13.0 Å². The number of carbonyl (C=O) groups excluding carboxylic acids is 1. The van der Waals surface area contributed by atoms with Crippen LogP contribution in [0.1, 0.15) is 55.6 Å². The molecule has 1 aromatic heterocycles. The van der Waals surface area contributed by atoms with Crippen LogP contribution in [0.25, 0.3) is 11.3 Å². The summed E-state index contributed by atoms with van der Waals surface area (Å²) in [6.07, 6.45) is -0.443. The molecule has 2 aromatic rings. The van der Waals surface area contributed by atoms with Crippen molar-refractivity contribution >= 4 is 5.91 Å². The summed E-state index contributed by atoms with van der Waals surface area (Å²) in [6.45, 7) is 4.07. The maximum absolute atomic E-state index is 13.0. The third kappa shape index (κ3) is 4.70. The number of aryl methyl sites for hydroxylation is 1. The highest BCUT2D eigenvalue weighted by Crippen LogP contribution is 2.37. The molecule has 1 aromatic carbocycles. The fourth-order valence-corrected chi connectivity index (χ4v) is 3.73. The Balaban J connectivity index is 1.72. The van der Waals surface area contributed by atoms with Gasteiger partial charge < -0.3 is 10.3 Å². The van der Waals surface area contributed by atoms with Gasteiger partial charge in [0.05, 0.1) is 11.3 Å². The van der Waals surface area contributed by atoms with E-state index in [4.69, 9.17) is 0 Å². The lowest BCUT2D eigenvalue weighted by atomic mass is 9.81. The van der Waals surface area contributed by atoms with E-state index in [-0.39, 0.29) is 11.8 Å². The van der Waals surface area contributed by atoms with Gasteiger partial charge in [0, 0.05) is 30.6 Å². The molecule has 0 spiro atoms. The minimum Gasteiger partial charge on any atom is -0.356 e. The highest BCUT2D eigenvalue weighted by molar-refractivity contribution is 5.72. The number of aromatic amines is 1. The lowest BCUT2D eigenvalue weighted by Crippen LogP contribution is -2.29. The third-order valence-electron chi connectivity index (χ3n) is 5.24. The Morgan fingerprint density at radius 1 is 1.26 bits per heavy atom. The summed E-state index contributed by atoms with van der Waals surface area (Å²) >= 11 is 0. The Hall–Kier alpha value is -2.31. The van der Waals surface area contributed by atoms with Crippen molar-refractivity contribution < 1.29 is 18.0 Å². The van der Waals surface area contributed by atoms with Gasteiger partial charge in [-0.15, -0.1) is 0 Å². The standard InChI is InChI=1S/C20H24F3N3O/c1-12-18(16-4-3-5-17(10-16)20(21,22)23)26-19(25-12)15-8-6-14(7-9-15)11-24-13(2)27/h3-5,10,14-15H,6-9,11H2,1-2H3,(H,24,27)(H,25,26). The fraction of sp³-hybridized carbons (Fsp3) is 0.500. The Bertz CT molecular complexity index is 805. The van der Waals surface area contributed by atoms with Crippen LogP contribution in [0, 0.1) is 12.8 Å². The van der Waals surface area contributed by atoms with Gasteiger partial charge in [-0.25, -0.2) is 4.98 Å². The topological polar surface area (TPSA) is 57.8 Å². The molecule has 3 rings (SSSR count). The van der Waals surface area contributed by atoms with Crippen LogP contribution in [0.3, 0.4) is 0 Å².